The fraction of sp³-hybridized carbons (Fsp3) is 0.410. The Balaban J connectivity index is 0.000000333. The molecule has 0 saturated carbocycles. The Morgan fingerprint density at radius 3 is 1.29 bits per heavy atom. The highest BCUT2D eigenvalue weighted by molar-refractivity contribution is 7.90. The maximum Gasteiger partial charge on any atom is 0.354 e. The van der Waals surface area contributed by atoms with Crippen LogP contribution in [0.5, 0.6) is 0 Å². The summed E-state index contributed by atoms with van der Waals surface area (Å²) >= 11 is 12.4. The quantitative estimate of drug-likeness (QED) is 0.0832. The van der Waals surface area contributed by atoms with E-state index in [-0.39, 0.29) is 41.7 Å². The standard InChI is InChI=1S/C21H27ClN6O4S.C18H23ClN4O5S/c1-12(2)15-8-14(22)9-16(13(3)4)19(15)24-21(30)26-33(31,32)18-10-17(28(7)25-18)20(29)27(6)11-23-5;1-9(2)12-6-11(19)7-13(10(3)4)16(12)20-18(26)22-29(27,28)15-8-14(17(24)25)23(5)21-15/h8-10,12-13H,11H2,1-4,6-7H3,(H2,24,26,30);6-10H,1-5H3,(H,24,25)(H2,20,22,26). The minimum Gasteiger partial charge on any atom is -0.477 e. The van der Waals surface area contributed by atoms with Gasteiger partial charge < -0.3 is 15.7 Å². The molecule has 0 fully saturated rings. The summed E-state index contributed by atoms with van der Waals surface area (Å²) in [5.41, 5.74) is 3.68. The molecule has 2 heterocycles. The van der Waals surface area contributed by atoms with E-state index in [0.29, 0.717) is 21.4 Å². The van der Waals surface area contributed by atoms with Gasteiger partial charge in [-0.15, -0.1) is 0 Å². The van der Waals surface area contributed by atoms with Crippen LogP contribution in [0, 0.1) is 6.57 Å². The van der Waals surface area contributed by atoms with Gasteiger partial charge in [0.2, 0.25) is 0 Å². The fourth-order valence-electron chi connectivity index (χ4n) is 5.95. The Labute approximate surface area is 371 Å². The Morgan fingerprint density at radius 1 is 0.677 bits per heavy atom. The monoisotopic (exact) mass is 936 g/mol. The van der Waals surface area contributed by atoms with Crippen molar-refractivity contribution in [2.45, 2.75) is 89.1 Å². The van der Waals surface area contributed by atoms with Gasteiger partial charge in [0.05, 0.1) is 0 Å². The number of aromatic nitrogens is 4. The molecular weight excluding hydrogens is 888 g/mol. The maximum absolute atomic E-state index is 12.8. The summed E-state index contributed by atoms with van der Waals surface area (Å²) in [5.74, 6) is -1.83. The molecule has 0 aliphatic carbocycles. The summed E-state index contributed by atoms with van der Waals surface area (Å²) < 4.78 is 56.2. The Kier molecular flexibility index (Phi) is 16.7. The lowest BCUT2D eigenvalue weighted by molar-refractivity contribution is 0.0684. The van der Waals surface area contributed by atoms with Gasteiger partial charge in [0.1, 0.15) is 11.4 Å². The van der Waals surface area contributed by atoms with E-state index >= 15 is 0 Å². The van der Waals surface area contributed by atoms with Crippen molar-refractivity contribution in [3.63, 3.8) is 0 Å². The normalized spacial score (nSPS) is 11.5. The second-order valence-electron chi connectivity index (χ2n) is 15.2. The summed E-state index contributed by atoms with van der Waals surface area (Å²) in [6.45, 7) is 22.1. The number of carboxylic acid groups (broad SMARTS) is 1. The van der Waals surface area contributed by atoms with Crippen LogP contribution >= 0.6 is 23.2 Å². The molecule has 2 aromatic carbocycles. The first-order valence-corrected chi connectivity index (χ1v) is 22.6. The van der Waals surface area contributed by atoms with E-state index in [2.05, 4.69) is 25.7 Å². The van der Waals surface area contributed by atoms with E-state index in [0.717, 1.165) is 48.7 Å². The second-order valence-corrected chi connectivity index (χ2v) is 19.4. The lowest BCUT2D eigenvalue weighted by Crippen LogP contribution is -2.35. The number of nitrogens with one attached hydrogen (secondary N) is 4. The number of urea groups is 2. The summed E-state index contributed by atoms with van der Waals surface area (Å²) in [6.07, 6.45) is 0. The number of aryl methyl sites for hydroxylation is 2. The van der Waals surface area contributed by atoms with Crippen molar-refractivity contribution in [2.24, 2.45) is 14.1 Å². The zero-order valence-electron chi connectivity index (χ0n) is 35.9. The van der Waals surface area contributed by atoms with Gasteiger partial charge in [-0.3, -0.25) is 23.9 Å². The molecule has 4 rings (SSSR count). The maximum atomic E-state index is 12.8. The molecule has 23 heteroatoms. The van der Waals surface area contributed by atoms with Gasteiger partial charge in [0.25, 0.3) is 32.6 Å². The minimum absolute atomic E-state index is 0.0184. The van der Waals surface area contributed by atoms with Crippen molar-refractivity contribution in [3.05, 3.63) is 91.5 Å². The molecule has 0 saturated heterocycles. The molecule has 2 aromatic heterocycles. The third-order valence-electron chi connectivity index (χ3n) is 9.08. The van der Waals surface area contributed by atoms with Gasteiger partial charge in [0, 0.05) is 54.7 Å². The number of nitrogens with zero attached hydrogens (tertiary/aromatic N) is 6. The van der Waals surface area contributed by atoms with Gasteiger partial charge in [-0.2, -0.15) is 27.0 Å². The zero-order valence-corrected chi connectivity index (χ0v) is 39.1. The van der Waals surface area contributed by atoms with Crippen LogP contribution in [0.3, 0.4) is 0 Å². The number of carbonyl (C=O) groups excluding carboxylic acids is 3. The van der Waals surface area contributed by atoms with Crippen molar-refractivity contribution < 1.29 is 41.1 Å². The van der Waals surface area contributed by atoms with Crippen LogP contribution in [0.1, 0.15) is 122 Å². The molecule has 5 amide bonds. The number of rotatable bonds is 13. The molecule has 0 radical (unpaired) electrons. The van der Waals surface area contributed by atoms with Crippen molar-refractivity contribution >= 4 is 78.6 Å². The topological polar surface area (TPSA) is 248 Å². The summed E-state index contributed by atoms with van der Waals surface area (Å²) in [7, 11) is -4.65. The number of hydrogen-bond acceptors (Lipinski definition) is 10. The van der Waals surface area contributed by atoms with Crippen molar-refractivity contribution in [1.29, 1.82) is 0 Å². The highest BCUT2D eigenvalue weighted by Gasteiger charge is 2.28. The molecule has 0 atom stereocenters. The van der Waals surface area contributed by atoms with Gasteiger partial charge in [0.15, 0.2) is 10.1 Å². The van der Waals surface area contributed by atoms with Crippen LogP contribution in [0.2, 0.25) is 10.0 Å². The number of amides is 5. The predicted octanol–water partition coefficient (Wildman–Crippen LogP) is 7.31. The molecule has 0 bridgehead atoms. The SMILES string of the molecule is CC(C)c1cc(Cl)cc(C(C)C)c1NC(=O)NS(=O)(=O)c1cc(C(=O)O)n(C)n1.[C-]#[N+]CN(C)C(=O)c1cc(S(=O)(=O)NC(=O)Nc2c(C(C)C)cc(Cl)cc2C(C)C)nn1C. The van der Waals surface area contributed by atoms with E-state index in [1.165, 1.54) is 21.1 Å². The largest absolute Gasteiger partial charge is 0.477 e. The highest BCUT2D eigenvalue weighted by Crippen LogP contribution is 2.37. The average molecular weight is 938 g/mol. The van der Waals surface area contributed by atoms with E-state index in [4.69, 9.17) is 34.9 Å². The molecule has 4 aromatic rings. The molecule has 0 aliphatic rings. The van der Waals surface area contributed by atoms with Crippen LogP contribution in [-0.2, 0) is 34.1 Å². The Bertz CT molecular complexity index is 2580. The highest BCUT2D eigenvalue weighted by atomic mass is 35.5. The lowest BCUT2D eigenvalue weighted by Gasteiger charge is -2.21. The Morgan fingerprint density at radius 2 is 1.00 bits per heavy atom. The van der Waals surface area contributed by atoms with Gasteiger partial charge in [-0.1, -0.05) is 78.6 Å². The average Bonchev–Trinajstić information content (AvgIpc) is 3.75. The summed E-state index contributed by atoms with van der Waals surface area (Å²) in [4.78, 5) is 52.9. The Hall–Kier alpha value is -5.69. The number of anilines is 2. The lowest BCUT2D eigenvalue weighted by atomic mass is 9.92. The number of sulfonamides is 2. The molecular formula is C39H50Cl2N10O9S2. The molecule has 5 N–H and O–H groups in total. The number of carbonyl (C=O) groups is 4. The van der Waals surface area contributed by atoms with Crippen LogP contribution < -0.4 is 20.1 Å². The first-order chi connectivity index (χ1) is 28.6. The van der Waals surface area contributed by atoms with Gasteiger partial charge in [-0.25, -0.2) is 30.4 Å². The number of hydrogen-bond donors (Lipinski definition) is 5. The number of carboxylic acids is 1. The third kappa shape index (κ3) is 12.5. The number of halogens is 2. The van der Waals surface area contributed by atoms with Gasteiger partial charge >= 0.3 is 18.0 Å². The second kappa shape index (κ2) is 20.5. The number of aromatic carboxylic acids is 1. The first kappa shape index (κ1) is 50.7. The van der Waals surface area contributed by atoms with Crippen LogP contribution in [0.15, 0.2) is 46.5 Å². The first-order valence-electron chi connectivity index (χ1n) is 18.9. The van der Waals surface area contributed by atoms with Crippen LogP contribution in [0.25, 0.3) is 4.85 Å². The van der Waals surface area contributed by atoms with Gasteiger partial charge in [-0.05, 0) is 70.2 Å². The molecule has 0 unspecified atom stereocenters. The molecule has 336 valence electrons. The fourth-order valence-corrected chi connectivity index (χ4v) is 8.21. The van der Waals surface area contributed by atoms with Crippen molar-refractivity contribution in [3.8, 4) is 0 Å². The zero-order chi connectivity index (χ0) is 47.2. The summed E-state index contributed by atoms with van der Waals surface area (Å²) in [5, 5.41) is 21.8. The molecule has 0 aliphatic heterocycles. The van der Waals surface area contributed by atoms with E-state index < -0.39 is 54.0 Å². The molecule has 62 heavy (non-hydrogen) atoms. The van der Waals surface area contributed by atoms with E-state index in [1.54, 1.807) is 24.3 Å². The third-order valence-corrected chi connectivity index (χ3v) is 11.9. The van der Waals surface area contributed by atoms with E-state index in [1.807, 2.05) is 64.8 Å². The molecule has 0 spiro atoms. The minimum atomic E-state index is -4.38. The van der Waals surface area contributed by atoms with Crippen LogP contribution in [0.4, 0.5) is 21.0 Å². The molecule has 19 nitrogen and oxygen atoms in total. The van der Waals surface area contributed by atoms with Crippen LogP contribution in [-0.4, -0.2) is 84.1 Å². The van der Waals surface area contributed by atoms with Crippen molar-refractivity contribution in [1.82, 2.24) is 33.9 Å². The van der Waals surface area contributed by atoms with E-state index in [9.17, 15) is 36.0 Å². The smallest absolute Gasteiger partial charge is 0.354 e. The van der Waals surface area contributed by atoms with Crippen molar-refractivity contribution in [2.75, 3.05) is 24.3 Å². The predicted molar refractivity (Wildman–Crippen MR) is 235 cm³/mol. The number of benzene rings is 2. The summed E-state index contributed by atoms with van der Waals surface area (Å²) in [6, 6.07) is 6.89.